The van der Waals surface area contributed by atoms with Crippen molar-refractivity contribution in [1.29, 1.82) is 0 Å². The fourth-order valence-electron chi connectivity index (χ4n) is 2.69. The molecule has 124 valence electrons. The molecule has 0 unspecified atom stereocenters. The van der Waals surface area contributed by atoms with Crippen LogP contribution in [0.15, 0.2) is 29.2 Å². The van der Waals surface area contributed by atoms with Gasteiger partial charge in [-0.1, -0.05) is 17.7 Å². The summed E-state index contributed by atoms with van der Waals surface area (Å²) in [5, 5.41) is -0.294. The topological polar surface area (TPSA) is 77.5 Å². The average molecular weight is 346 g/mol. The lowest BCUT2D eigenvalue weighted by Crippen LogP contribution is -2.28. The molecule has 1 fully saturated rings. The predicted octanol–water partition coefficient (Wildman–Crippen LogP) is 2.30. The zero-order valence-electron chi connectivity index (χ0n) is 12.9. The first-order valence-electron chi connectivity index (χ1n) is 7.33. The van der Waals surface area contributed by atoms with E-state index in [-0.39, 0.29) is 22.7 Å². The van der Waals surface area contributed by atoms with Crippen molar-refractivity contribution >= 4 is 20.0 Å². The standard InChI is InChI=1S/C15H22O5S2/c1-12-3-7-15(8-4-12)22(18,19)20-11-13-5-9-14(10-6-13)21(2,16)17/h3-4,7-8,13-14H,5-6,9-11H2,1-2H3. The van der Waals surface area contributed by atoms with E-state index in [9.17, 15) is 16.8 Å². The first kappa shape index (κ1) is 17.4. The van der Waals surface area contributed by atoms with Crippen molar-refractivity contribution in [3.05, 3.63) is 29.8 Å². The van der Waals surface area contributed by atoms with E-state index < -0.39 is 20.0 Å². The molecule has 0 atom stereocenters. The minimum absolute atomic E-state index is 0.0956. The van der Waals surface area contributed by atoms with Crippen molar-refractivity contribution in [2.75, 3.05) is 12.9 Å². The molecule has 7 heteroatoms. The minimum atomic E-state index is -3.74. The molecule has 1 aromatic rings. The summed E-state index contributed by atoms with van der Waals surface area (Å²) in [6, 6.07) is 6.53. The van der Waals surface area contributed by atoms with Crippen LogP contribution in [0.1, 0.15) is 31.2 Å². The summed E-state index contributed by atoms with van der Waals surface area (Å²) < 4.78 is 52.3. The normalized spacial score (nSPS) is 23.4. The monoisotopic (exact) mass is 346 g/mol. The Bertz CT molecular complexity index is 697. The number of rotatable bonds is 5. The van der Waals surface area contributed by atoms with Crippen LogP contribution in [0.5, 0.6) is 0 Å². The third-order valence-electron chi connectivity index (χ3n) is 4.17. The van der Waals surface area contributed by atoms with Gasteiger partial charge in [0.1, 0.15) is 9.84 Å². The largest absolute Gasteiger partial charge is 0.296 e. The van der Waals surface area contributed by atoms with E-state index in [2.05, 4.69) is 0 Å². The highest BCUT2D eigenvalue weighted by Crippen LogP contribution is 2.29. The summed E-state index contributed by atoms with van der Waals surface area (Å²) in [5.41, 5.74) is 0.984. The van der Waals surface area contributed by atoms with Gasteiger partial charge in [0.25, 0.3) is 10.1 Å². The summed E-state index contributed by atoms with van der Waals surface area (Å²) in [6.45, 7) is 2.00. The molecular formula is C15H22O5S2. The molecule has 0 radical (unpaired) electrons. The quantitative estimate of drug-likeness (QED) is 0.765. The van der Waals surface area contributed by atoms with E-state index in [0.29, 0.717) is 25.7 Å². The highest BCUT2D eigenvalue weighted by atomic mass is 32.2. The molecule has 1 aromatic carbocycles. The van der Waals surface area contributed by atoms with E-state index in [1.165, 1.54) is 18.4 Å². The SMILES string of the molecule is Cc1ccc(S(=O)(=O)OCC2CCC(S(C)(=O)=O)CC2)cc1. The second-order valence-electron chi connectivity index (χ2n) is 6.02. The summed E-state index contributed by atoms with van der Waals surface area (Å²) in [6.07, 6.45) is 3.79. The van der Waals surface area contributed by atoms with Crippen LogP contribution < -0.4 is 0 Å². The Hall–Kier alpha value is -0.920. The first-order chi connectivity index (χ1) is 10.2. The highest BCUT2D eigenvalue weighted by molar-refractivity contribution is 7.91. The molecule has 2 rings (SSSR count). The smallest absolute Gasteiger partial charge is 0.266 e. The molecule has 0 bridgehead atoms. The Labute approximate surface area is 132 Å². The Balaban J connectivity index is 1.90. The van der Waals surface area contributed by atoms with Gasteiger partial charge in [0.15, 0.2) is 0 Å². The van der Waals surface area contributed by atoms with Gasteiger partial charge in [0.05, 0.1) is 16.8 Å². The molecular weight excluding hydrogens is 324 g/mol. The molecule has 0 N–H and O–H groups in total. The summed E-state index contributed by atoms with van der Waals surface area (Å²) in [5.74, 6) is 0.0956. The third kappa shape index (κ3) is 4.54. The van der Waals surface area contributed by atoms with Crippen LogP contribution in [0.25, 0.3) is 0 Å². The number of benzene rings is 1. The number of sulfone groups is 1. The fourth-order valence-corrected chi connectivity index (χ4v) is 4.79. The first-order valence-corrected chi connectivity index (χ1v) is 10.7. The van der Waals surface area contributed by atoms with Gasteiger partial charge < -0.3 is 0 Å². The molecule has 5 nitrogen and oxygen atoms in total. The lowest BCUT2D eigenvalue weighted by Gasteiger charge is -2.26. The summed E-state index contributed by atoms with van der Waals surface area (Å²) >= 11 is 0. The molecule has 22 heavy (non-hydrogen) atoms. The van der Waals surface area contributed by atoms with Gasteiger partial charge in [-0.2, -0.15) is 8.42 Å². The van der Waals surface area contributed by atoms with Gasteiger partial charge in [-0.05, 0) is 50.7 Å². The lowest BCUT2D eigenvalue weighted by molar-refractivity contribution is 0.214. The second-order valence-corrected chi connectivity index (χ2v) is 9.97. The van der Waals surface area contributed by atoms with E-state index in [1.807, 2.05) is 6.92 Å². The van der Waals surface area contributed by atoms with E-state index >= 15 is 0 Å². The Morgan fingerprint density at radius 2 is 1.55 bits per heavy atom. The maximum atomic E-state index is 12.1. The van der Waals surface area contributed by atoms with E-state index in [0.717, 1.165) is 5.56 Å². The van der Waals surface area contributed by atoms with Gasteiger partial charge in [-0.15, -0.1) is 0 Å². The van der Waals surface area contributed by atoms with Gasteiger partial charge in [0.2, 0.25) is 0 Å². The van der Waals surface area contributed by atoms with E-state index in [1.54, 1.807) is 12.1 Å². The van der Waals surface area contributed by atoms with Crippen molar-refractivity contribution in [3.63, 3.8) is 0 Å². The zero-order chi connectivity index (χ0) is 16.4. The number of hydrogen-bond donors (Lipinski definition) is 0. The molecule has 0 aliphatic heterocycles. The predicted molar refractivity (Wildman–Crippen MR) is 84.9 cm³/mol. The van der Waals surface area contributed by atoms with Crippen molar-refractivity contribution in [2.24, 2.45) is 5.92 Å². The van der Waals surface area contributed by atoms with Crippen LogP contribution >= 0.6 is 0 Å². The van der Waals surface area contributed by atoms with Gasteiger partial charge in [-0.25, -0.2) is 8.42 Å². The van der Waals surface area contributed by atoms with Crippen LogP contribution in [-0.4, -0.2) is 34.9 Å². The molecule has 1 aliphatic rings. The zero-order valence-corrected chi connectivity index (χ0v) is 14.5. The van der Waals surface area contributed by atoms with Crippen molar-refractivity contribution < 1.29 is 21.0 Å². The van der Waals surface area contributed by atoms with Crippen molar-refractivity contribution in [2.45, 2.75) is 42.8 Å². The molecule has 1 saturated carbocycles. The van der Waals surface area contributed by atoms with Crippen molar-refractivity contribution in [3.8, 4) is 0 Å². The molecule has 1 aliphatic carbocycles. The van der Waals surface area contributed by atoms with Crippen LogP contribution in [0.3, 0.4) is 0 Å². The molecule has 0 spiro atoms. The number of aryl methyl sites for hydroxylation is 1. The van der Waals surface area contributed by atoms with Gasteiger partial charge >= 0.3 is 0 Å². The van der Waals surface area contributed by atoms with Crippen LogP contribution in [0, 0.1) is 12.8 Å². The number of hydrogen-bond acceptors (Lipinski definition) is 5. The van der Waals surface area contributed by atoms with Crippen LogP contribution in [0.2, 0.25) is 0 Å². The van der Waals surface area contributed by atoms with Gasteiger partial charge in [-0.3, -0.25) is 4.18 Å². The maximum Gasteiger partial charge on any atom is 0.296 e. The molecule has 0 aromatic heterocycles. The van der Waals surface area contributed by atoms with Crippen molar-refractivity contribution in [1.82, 2.24) is 0 Å². The summed E-state index contributed by atoms with van der Waals surface area (Å²) in [7, 11) is -6.74. The summed E-state index contributed by atoms with van der Waals surface area (Å²) in [4.78, 5) is 0.155. The van der Waals surface area contributed by atoms with E-state index in [4.69, 9.17) is 4.18 Å². The Morgan fingerprint density at radius 1 is 1.00 bits per heavy atom. The second kappa shape index (κ2) is 6.68. The molecule has 0 amide bonds. The van der Waals surface area contributed by atoms with Gasteiger partial charge in [0, 0.05) is 6.26 Å². The highest BCUT2D eigenvalue weighted by Gasteiger charge is 2.29. The lowest BCUT2D eigenvalue weighted by atomic mass is 9.90. The minimum Gasteiger partial charge on any atom is -0.266 e. The van der Waals surface area contributed by atoms with Crippen LogP contribution in [-0.2, 0) is 24.1 Å². The fraction of sp³-hybridized carbons (Fsp3) is 0.600. The third-order valence-corrected chi connectivity index (χ3v) is 7.15. The average Bonchev–Trinajstić information content (AvgIpc) is 2.45. The maximum absolute atomic E-state index is 12.1. The molecule has 0 saturated heterocycles. The Morgan fingerprint density at radius 3 is 2.05 bits per heavy atom. The Kier molecular flexibility index (Phi) is 5.29. The molecule has 0 heterocycles. The van der Waals surface area contributed by atoms with Crippen LogP contribution in [0.4, 0.5) is 0 Å².